The SMILES string of the molecule is Cc1ccc(-n2nc(C(C)(C)C)cc2NC(=O)Nc2cccc(CC3CCN(S(=O)(=O)c4c(C)cc(C)cc4C)CC3)c2)cc1. The number of piperidine rings is 1. The Kier molecular flexibility index (Phi) is 9.23. The smallest absolute Gasteiger partial charge is 0.308 e. The van der Waals surface area contributed by atoms with Crippen LogP contribution in [-0.4, -0.2) is 41.6 Å². The highest BCUT2D eigenvalue weighted by Gasteiger charge is 2.31. The van der Waals surface area contributed by atoms with Gasteiger partial charge in [-0.05, 0) is 93.8 Å². The highest BCUT2D eigenvalue weighted by molar-refractivity contribution is 7.89. The van der Waals surface area contributed by atoms with Crippen LogP contribution >= 0.6 is 0 Å². The van der Waals surface area contributed by atoms with E-state index in [4.69, 9.17) is 5.10 Å². The second kappa shape index (κ2) is 12.8. The summed E-state index contributed by atoms with van der Waals surface area (Å²) >= 11 is 0. The van der Waals surface area contributed by atoms with Gasteiger partial charge in [-0.1, -0.05) is 68.3 Å². The minimum absolute atomic E-state index is 0.184. The van der Waals surface area contributed by atoms with Crippen LogP contribution in [0.5, 0.6) is 0 Å². The molecule has 3 aromatic carbocycles. The summed E-state index contributed by atoms with van der Waals surface area (Å²) in [5.74, 6) is 0.954. The fourth-order valence-electron chi connectivity index (χ4n) is 6.16. The molecule has 1 saturated heterocycles. The lowest BCUT2D eigenvalue weighted by molar-refractivity contribution is 0.262. The number of benzene rings is 3. The second-order valence-electron chi connectivity index (χ2n) is 13.5. The Hall–Kier alpha value is -3.95. The fraction of sp³-hybridized carbons (Fsp3) is 0.389. The molecule has 4 aromatic rings. The van der Waals surface area contributed by atoms with E-state index in [-0.39, 0.29) is 11.4 Å². The third-order valence-electron chi connectivity index (χ3n) is 8.48. The molecule has 0 radical (unpaired) electrons. The number of aryl methyl sites for hydroxylation is 4. The maximum atomic E-state index is 13.5. The van der Waals surface area contributed by atoms with Gasteiger partial charge in [0.1, 0.15) is 5.82 Å². The van der Waals surface area contributed by atoms with Gasteiger partial charge in [0.05, 0.1) is 16.3 Å². The normalized spacial score (nSPS) is 14.8. The minimum atomic E-state index is -3.54. The van der Waals surface area contributed by atoms with E-state index in [0.29, 0.717) is 35.4 Å². The molecule has 1 fully saturated rings. The molecular formula is C36H45N5O3S. The van der Waals surface area contributed by atoms with Crippen molar-refractivity contribution in [3.05, 3.63) is 100 Å². The predicted molar refractivity (Wildman–Crippen MR) is 182 cm³/mol. The molecule has 0 aliphatic carbocycles. The van der Waals surface area contributed by atoms with Crippen molar-refractivity contribution >= 4 is 27.6 Å². The van der Waals surface area contributed by atoms with Gasteiger partial charge in [0, 0.05) is 30.3 Å². The molecule has 0 bridgehead atoms. The molecule has 8 nitrogen and oxygen atoms in total. The largest absolute Gasteiger partial charge is 0.324 e. The summed E-state index contributed by atoms with van der Waals surface area (Å²) in [5.41, 5.74) is 7.20. The second-order valence-corrected chi connectivity index (χ2v) is 15.3. The number of nitrogens with zero attached hydrogens (tertiary/aromatic N) is 3. The molecule has 238 valence electrons. The zero-order valence-electron chi connectivity index (χ0n) is 27.4. The first-order chi connectivity index (χ1) is 21.2. The van der Waals surface area contributed by atoms with Crippen molar-refractivity contribution in [2.75, 3.05) is 23.7 Å². The molecular weight excluding hydrogens is 582 g/mol. The zero-order valence-corrected chi connectivity index (χ0v) is 28.3. The number of hydrogen-bond acceptors (Lipinski definition) is 4. The van der Waals surface area contributed by atoms with Gasteiger partial charge in [0.2, 0.25) is 10.0 Å². The number of rotatable bonds is 7. The van der Waals surface area contributed by atoms with Gasteiger partial charge in [0.25, 0.3) is 0 Å². The van der Waals surface area contributed by atoms with Gasteiger partial charge >= 0.3 is 6.03 Å². The maximum absolute atomic E-state index is 13.5. The average molecular weight is 628 g/mol. The number of anilines is 2. The fourth-order valence-corrected chi connectivity index (χ4v) is 8.05. The lowest BCUT2D eigenvalue weighted by atomic mass is 9.91. The molecule has 1 aromatic heterocycles. The van der Waals surface area contributed by atoms with Crippen LogP contribution in [0, 0.1) is 33.6 Å². The van der Waals surface area contributed by atoms with Crippen LogP contribution in [0.15, 0.2) is 71.6 Å². The molecule has 1 aliphatic rings. The molecule has 2 amide bonds. The topological polar surface area (TPSA) is 96.3 Å². The van der Waals surface area contributed by atoms with Crippen LogP contribution in [-0.2, 0) is 21.9 Å². The average Bonchev–Trinajstić information content (AvgIpc) is 3.37. The Labute approximate surface area is 267 Å². The van der Waals surface area contributed by atoms with Crippen molar-refractivity contribution in [1.29, 1.82) is 0 Å². The molecule has 0 unspecified atom stereocenters. The highest BCUT2D eigenvalue weighted by atomic mass is 32.2. The van der Waals surface area contributed by atoms with Gasteiger partial charge in [-0.3, -0.25) is 5.32 Å². The van der Waals surface area contributed by atoms with Gasteiger partial charge in [0.15, 0.2) is 0 Å². The van der Waals surface area contributed by atoms with Crippen molar-refractivity contribution in [1.82, 2.24) is 14.1 Å². The quantitative estimate of drug-likeness (QED) is 0.220. The Balaban J connectivity index is 1.22. The van der Waals surface area contributed by atoms with E-state index in [9.17, 15) is 13.2 Å². The Morgan fingerprint density at radius 2 is 1.51 bits per heavy atom. The number of urea groups is 1. The molecule has 0 spiro atoms. The molecule has 2 heterocycles. The number of amides is 2. The van der Waals surface area contributed by atoms with Crippen LogP contribution in [0.4, 0.5) is 16.3 Å². The van der Waals surface area contributed by atoms with Crippen molar-refractivity contribution in [2.24, 2.45) is 5.92 Å². The molecule has 0 saturated carbocycles. The molecule has 5 rings (SSSR count). The minimum Gasteiger partial charge on any atom is -0.308 e. The van der Waals surface area contributed by atoms with E-state index in [1.54, 1.807) is 8.99 Å². The maximum Gasteiger partial charge on any atom is 0.324 e. The van der Waals surface area contributed by atoms with E-state index in [0.717, 1.165) is 58.5 Å². The first-order valence-corrected chi connectivity index (χ1v) is 17.1. The summed E-state index contributed by atoms with van der Waals surface area (Å²) in [6, 6.07) is 21.4. The van der Waals surface area contributed by atoms with E-state index in [2.05, 4.69) is 37.5 Å². The summed E-state index contributed by atoms with van der Waals surface area (Å²) in [4.78, 5) is 13.6. The first kappa shape index (κ1) is 32.4. The monoisotopic (exact) mass is 627 g/mol. The lowest BCUT2D eigenvalue weighted by Crippen LogP contribution is -2.39. The number of sulfonamides is 1. The summed E-state index contributed by atoms with van der Waals surface area (Å²) < 4.78 is 30.5. The standard InChI is InChI=1S/C36H45N5O3S/c1-24-11-13-31(14-12-24)41-33(23-32(39-41)36(5,6)7)38-35(42)37-30-10-8-9-29(22-30)21-28-15-17-40(18-16-28)45(43,44)34-26(3)19-25(2)20-27(34)4/h8-14,19-20,22-23,28H,15-18,21H2,1-7H3,(H2,37,38,42). The van der Waals surface area contributed by atoms with Crippen molar-refractivity contribution in [3.8, 4) is 5.69 Å². The van der Waals surface area contributed by atoms with E-state index >= 15 is 0 Å². The Morgan fingerprint density at radius 1 is 0.867 bits per heavy atom. The van der Waals surface area contributed by atoms with Gasteiger partial charge in [-0.25, -0.2) is 17.9 Å². The van der Waals surface area contributed by atoms with Gasteiger partial charge in [-0.15, -0.1) is 0 Å². The molecule has 1 aliphatic heterocycles. The number of carbonyl (C=O) groups is 1. The predicted octanol–water partition coefficient (Wildman–Crippen LogP) is 7.69. The first-order valence-electron chi connectivity index (χ1n) is 15.6. The van der Waals surface area contributed by atoms with Crippen LogP contribution in [0.25, 0.3) is 5.69 Å². The van der Waals surface area contributed by atoms with E-state index in [1.165, 1.54) is 0 Å². The third kappa shape index (κ3) is 7.48. The Bertz CT molecular complexity index is 1770. The third-order valence-corrected chi connectivity index (χ3v) is 10.7. The van der Waals surface area contributed by atoms with Crippen LogP contribution in [0.3, 0.4) is 0 Å². The number of aromatic nitrogens is 2. The summed E-state index contributed by atoms with van der Waals surface area (Å²) in [7, 11) is -3.54. The van der Waals surface area contributed by atoms with Gasteiger partial charge < -0.3 is 5.32 Å². The molecule has 9 heteroatoms. The van der Waals surface area contributed by atoms with E-state index < -0.39 is 10.0 Å². The number of hydrogen-bond donors (Lipinski definition) is 2. The van der Waals surface area contributed by atoms with Crippen molar-refractivity contribution in [2.45, 2.75) is 78.0 Å². The number of nitrogens with one attached hydrogen (secondary N) is 2. The number of carbonyl (C=O) groups excluding carboxylic acids is 1. The van der Waals surface area contributed by atoms with Crippen molar-refractivity contribution < 1.29 is 13.2 Å². The zero-order chi connectivity index (χ0) is 32.5. The Morgan fingerprint density at radius 3 is 2.13 bits per heavy atom. The van der Waals surface area contributed by atoms with Crippen LogP contribution < -0.4 is 10.6 Å². The lowest BCUT2D eigenvalue weighted by Gasteiger charge is -2.32. The summed E-state index contributed by atoms with van der Waals surface area (Å²) in [6.07, 6.45) is 2.41. The summed E-state index contributed by atoms with van der Waals surface area (Å²) in [6.45, 7) is 15.1. The highest BCUT2D eigenvalue weighted by Crippen LogP contribution is 2.31. The molecule has 45 heavy (non-hydrogen) atoms. The summed E-state index contributed by atoms with van der Waals surface area (Å²) in [5, 5.41) is 10.8. The van der Waals surface area contributed by atoms with Crippen molar-refractivity contribution in [3.63, 3.8) is 0 Å². The van der Waals surface area contributed by atoms with Crippen LogP contribution in [0.1, 0.15) is 67.1 Å². The molecule has 0 atom stereocenters. The van der Waals surface area contributed by atoms with Crippen LogP contribution in [0.2, 0.25) is 0 Å². The van der Waals surface area contributed by atoms with Gasteiger partial charge in [-0.2, -0.15) is 9.40 Å². The van der Waals surface area contributed by atoms with E-state index in [1.807, 2.05) is 88.4 Å². The molecule has 2 N–H and O–H groups in total.